The zero-order valence-corrected chi connectivity index (χ0v) is 10.6. The number of amides is 1. The van der Waals surface area contributed by atoms with Crippen LogP contribution in [0.1, 0.15) is 27.2 Å². The number of aliphatic hydroxyl groups is 1. The van der Waals surface area contributed by atoms with Gasteiger partial charge in [-0.05, 0) is 12.8 Å². The van der Waals surface area contributed by atoms with E-state index in [1.54, 1.807) is 14.0 Å². The van der Waals surface area contributed by atoms with Gasteiger partial charge in [0.15, 0.2) is 0 Å². The second-order valence-electron chi connectivity index (χ2n) is 4.73. The van der Waals surface area contributed by atoms with Gasteiger partial charge in [0, 0.05) is 26.7 Å². The first-order valence-corrected chi connectivity index (χ1v) is 5.55. The molecule has 0 radical (unpaired) electrons. The molecule has 0 heterocycles. The second kappa shape index (κ2) is 6.83. The van der Waals surface area contributed by atoms with Crippen molar-refractivity contribution in [3.05, 3.63) is 0 Å². The van der Waals surface area contributed by atoms with Crippen LogP contribution in [-0.2, 0) is 9.53 Å². The van der Waals surface area contributed by atoms with E-state index in [0.717, 1.165) is 0 Å². The Balaban J connectivity index is 3.99. The molecule has 0 aromatic heterocycles. The molecule has 2 atom stereocenters. The Morgan fingerprint density at radius 3 is 2.56 bits per heavy atom. The third-order valence-corrected chi connectivity index (χ3v) is 2.51. The smallest absolute Gasteiger partial charge is 0.237 e. The molecule has 96 valence electrons. The number of nitrogens with one attached hydrogen (secondary N) is 1. The van der Waals surface area contributed by atoms with Gasteiger partial charge in [-0.25, -0.2) is 0 Å². The van der Waals surface area contributed by atoms with Gasteiger partial charge in [0.25, 0.3) is 0 Å². The average molecular weight is 232 g/mol. The molecule has 2 unspecified atom stereocenters. The van der Waals surface area contributed by atoms with E-state index in [4.69, 9.17) is 10.5 Å². The van der Waals surface area contributed by atoms with Crippen molar-refractivity contribution in [2.75, 3.05) is 20.3 Å². The van der Waals surface area contributed by atoms with Crippen molar-refractivity contribution < 1.29 is 14.6 Å². The van der Waals surface area contributed by atoms with Crippen molar-refractivity contribution in [3.63, 3.8) is 0 Å². The predicted molar refractivity (Wildman–Crippen MR) is 62.9 cm³/mol. The van der Waals surface area contributed by atoms with Gasteiger partial charge in [0.05, 0.1) is 11.6 Å². The van der Waals surface area contributed by atoms with Crippen LogP contribution >= 0.6 is 0 Å². The number of hydrogen-bond donors (Lipinski definition) is 3. The summed E-state index contributed by atoms with van der Waals surface area (Å²) < 4.78 is 4.87. The van der Waals surface area contributed by atoms with Gasteiger partial charge in [-0.3, -0.25) is 4.79 Å². The molecule has 0 rings (SSSR count). The lowest BCUT2D eigenvalue weighted by molar-refractivity contribution is -0.124. The van der Waals surface area contributed by atoms with Crippen molar-refractivity contribution in [2.45, 2.75) is 38.8 Å². The van der Waals surface area contributed by atoms with E-state index in [1.807, 2.05) is 13.8 Å². The zero-order chi connectivity index (χ0) is 12.8. The molecule has 0 bridgehead atoms. The van der Waals surface area contributed by atoms with Gasteiger partial charge in [-0.2, -0.15) is 0 Å². The third-order valence-electron chi connectivity index (χ3n) is 2.51. The molecule has 5 heteroatoms. The maximum absolute atomic E-state index is 11.5. The Morgan fingerprint density at radius 1 is 1.56 bits per heavy atom. The average Bonchev–Trinajstić information content (AvgIpc) is 2.22. The standard InChI is InChI=1S/C11H24N2O3/c1-8(2)9(12)10(14)13-7-11(3,15)5-6-16-4/h8-9,15H,5-7,12H2,1-4H3,(H,13,14). The summed E-state index contributed by atoms with van der Waals surface area (Å²) in [5.74, 6) is -0.142. The Morgan fingerprint density at radius 2 is 2.12 bits per heavy atom. The summed E-state index contributed by atoms with van der Waals surface area (Å²) in [5, 5.41) is 12.5. The lowest BCUT2D eigenvalue weighted by Gasteiger charge is -2.24. The van der Waals surface area contributed by atoms with Gasteiger partial charge < -0.3 is 20.9 Å². The Kier molecular flexibility index (Phi) is 6.55. The Hall–Kier alpha value is -0.650. The maximum atomic E-state index is 11.5. The van der Waals surface area contributed by atoms with Crippen LogP contribution in [0.15, 0.2) is 0 Å². The minimum absolute atomic E-state index is 0.0870. The summed E-state index contributed by atoms with van der Waals surface area (Å²) in [6.45, 7) is 6.07. The largest absolute Gasteiger partial charge is 0.388 e. The van der Waals surface area contributed by atoms with Crippen LogP contribution in [-0.4, -0.2) is 42.9 Å². The van der Waals surface area contributed by atoms with Crippen LogP contribution in [0.2, 0.25) is 0 Å². The van der Waals surface area contributed by atoms with E-state index in [9.17, 15) is 9.90 Å². The monoisotopic (exact) mass is 232 g/mol. The summed E-state index contributed by atoms with van der Waals surface area (Å²) in [7, 11) is 1.57. The second-order valence-corrected chi connectivity index (χ2v) is 4.73. The van der Waals surface area contributed by atoms with Crippen molar-refractivity contribution in [1.82, 2.24) is 5.32 Å². The molecule has 0 aromatic rings. The van der Waals surface area contributed by atoms with E-state index in [0.29, 0.717) is 13.0 Å². The number of hydrogen-bond acceptors (Lipinski definition) is 4. The van der Waals surface area contributed by atoms with E-state index < -0.39 is 11.6 Å². The van der Waals surface area contributed by atoms with Gasteiger partial charge in [-0.1, -0.05) is 13.8 Å². The number of carbonyl (C=O) groups is 1. The number of methoxy groups -OCH3 is 1. The molecular weight excluding hydrogens is 208 g/mol. The molecule has 0 fully saturated rings. The molecule has 16 heavy (non-hydrogen) atoms. The van der Waals surface area contributed by atoms with Crippen LogP contribution in [0, 0.1) is 5.92 Å². The number of carbonyl (C=O) groups excluding carboxylic acids is 1. The highest BCUT2D eigenvalue weighted by atomic mass is 16.5. The van der Waals surface area contributed by atoms with Crippen LogP contribution in [0.5, 0.6) is 0 Å². The molecule has 5 nitrogen and oxygen atoms in total. The van der Waals surface area contributed by atoms with Crippen LogP contribution in [0.25, 0.3) is 0 Å². The molecule has 0 aliphatic heterocycles. The van der Waals surface area contributed by atoms with Crippen LogP contribution in [0.4, 0.5) is 0 Å². The SMILES string of the molecule is COCCC(C)(O)CNC(=O)C(N)C(C)C. The highest BCUT2D eigenvalue weighted by Gasteiger charge is 2.23. The fraction of sp³-hybridized carbons (Fsp3) is 0.909. The van der Waals surface area contributed by atoms with Crippen molar-refractivity contribution >= 4 is 5.91 Å². The van der Waals surface area contributed by atoms with E-state index in [-0.39, 0.29) is 18.4 Å². The summed E-state index contributed by atoms with van der Waals surface area (Å²) in [6, 6.07) is -0.529. The molecule has 0 aliphatic carbocycles. The van der Waals surface area contributed by atoms with E-state index in [1.165, 1.54) is 0 Å². The highest BCUT2D eigenvalue weighted by Crippen LogP contribution is 2.08. The predicted octanol–water partition coefficient (Wildman–Crippen LogP) is -0.127. The summed E-state index contributed by atoms with van der Waals surface area (Å²) >= 11 is 0. The first-order valence-electron chi connectivity index (χ1n) is 5.55. The molecular formula is C11H24N2O3. The van der Waals surface area contributed by atoms with Gasteiger partial charge in [-0.15, -0.1) is 0 Å². The molecule has 0 spiro atoms. The summed E-state index contributed by atoms with van der Waals surface area (Å²) in [5.41, 5.74) is 4.72. The van der Waals surface area contributed by atoms with E-state index in [2.05, 4.69) is 5.32 Å². The Labute approximate surface area is 97.3 Å². The molecule has 0 saturated heterocycles. The molecule has 0 saturated carbocycles. The lowest BCUT2D eigenvalue weighted by atomic mass is 10.0. The van der Waals surface area contributed by atoms with Crippen LogP contribution in [0.3, 0.4) is 0 Å². The van der Waals surface area contributed by atoms with Crippen molar-refractivity contribution in [1.29, 1.82) is 0 Å². The first kappa shape index (κ1) is 15.3. The lowest BCUT2D eigenvalue weighted by Crippen LogP contribution is -2.49. The summed E-state index contributed by atoms with van der Waals surface area (Å²) in [6.07, 6.45) is 0.473. The number of nitrogens with two attached hydrogens (primary N) is 1. The van der Waals surface area contributed by atoms with Gasteiger partial charge in [0.2, 0.25) is 5.91 Å². The molecule has 0 aromatic carbocycles. The third kappa shape index (κ3) is 6.05. The fourth-order valence-electron chi connectivity index (χ4n) is 1.11. The topological polar surface area (TPSA) is 84.6 Å². The molecule has 1 amide bonds. The van der Waals surface area contributed by atoms with E-state index >= 15 is 0 Å². The quantitative estimate of drug-likeness (QED) is 0.571. The number of rotatable bonds is 7. The minimum Gasteiger partial charge on any atom is -0.388 e. The Bertz CT molecular complexity index is 217. The normalized spacial score (nSPS) is 16.9. The highest BCUT2D eigenvalue weighted by molar-refractivity contribution is 5.81. The fourth-order valence-corrected chi connectivity index (χ4v) is 1.11. The van der Waals surface area contributed by atoms with Crippen LogP contribution < -0.4 is 11.1 Å². The minimum atomic E-state index is -0.956. The first-order chi connectivity index (χ1) is 7.30. The van der Waals surface area contributed by atoms with Gasteiger partial charge >= 0.3 is 0 Å². The maximum Gasteiger partial charge on any atom is 0.237 e. The molecule has 0 aliphatic rings. The zero-order valence-electron chi connectivity index (χ0n) is 10.6. The summed E-state index contributed by atoms with van der Waals surface area (Å²) in [4.78, 5) is 11.5. The van der Waals surface area contributed by atoms with Crippen molar-refractivity contribution in [3.8, 4) is 0 Å². The van der Waals surface area contributed by atoms with Gasteiger partial charge in [0.1, 0.15) is 0 Å². The number of ether oxygens (including phenoxy) is 1. The van der Waals surface area contributed by atoms with Crippen molar-refractivity contribution in [2.24, 2.45) is 11.7 Å². The molecule has 4 N–H and O–H groups in total.